The highest BCUT2D eigenvalue weighted by Gasteiger charge is 2.42. The molecule has 164 valence electrons. The normalized spacial score (nSPS) is 37.6. The zero-order chi connectivity index (χ0) is 20.9. The Kier molecular flexibility index (Phi) is 8.47. The molecule has 0 aromatic rings. The minimum atomic E-state index is -5.08. The number of carboxylic acids is 1. The van der Waals surface area contributed by atoms with E-state index in [0.717, 1.165) is 32.4 Å². The van der Waals surface area contributed by atoms with Gasteiger partial charge in [0.1, 0.15) is 18.6 Å². The number of aliphatic carboxylic acids is 1. The number of aliphatic hydroxyl groups is 2. The Morgan fingerprint density at radius 1 is 0.893 bits per heavy atom. The summed E-state index contributed by atoms with van der Waals surface area (Å²) in [5.74, 6) is -1.64. The summed E-state index contributed by atoms with van der Waals surface area (Å²) in [5, 5.41) is 32.8. The average molecular weight is 414 g/mol. The molecule has 10 heteroatoms. The van der Waals surface area contributed by atoms with Gasteiger partial charge in [-0.1, -0.05) is 0 Å². The Labute approximate surface area is 161 Å². The Balaban J connectivity index is 0.000000345. The van der Waals surface area contributed by atoms with E-state index in [-0.39, 0.29) is 11.8 Å². The van der Waals surface area contributed by atoms with Gasteiger partial charge in [-0.05, 0) is 75.8 Å². The molecule has 2 saturated heterocycles. The maximum atomic E-state index is 14.7. The van der Waals surface area contributed by atoms with Crippen molar-refractivity contribution in [3.05, 3.63) is 0 Å². The molecule has 6 unspecified atom stereocenters. The molecule has 3 aliphatic rings. The summed E-state index contributed by atoms with van der Waals surface area (Å²) in [5.41, 5.74) is 0. The van der Waals surface area contributed by atoms with E-state index in [1.165, 1.54) is 12.8 Å². The van der Waals surface area contributed by atoms with E-state index < -0.39 is 30.8 Å². The van der Waals surface area contributed by atoms with Gasteiger partial charge in [-0.3, -0.25) is 5.32 Å². The Hall–Kier alpha value is -0.970. The standard InChI is InChI=1S/C16H29FN2O2.C2HF3O2/c17-14-9-11(10-5-7-18-8-6-10)1-2-12(14)13-3-4-15(20)19-16(13)21;3-2(4,5)1(6)7/h10-16,18-21H,1-9H2;(H,6,7). The van der Waals surface area contributed by atoms with Crippen LogP contribution in [0.5, 0.6) is 0 Å². The van der Waals surface area contributed by atoms with Gasteiger partial charge in [0.2, 0.25) is 0 Å². The molecule has 0 aromatic heterocycles. The number of hydrogen-bond donors (Lipinski definition) is 5. The summed E-state index contributed by atoms with van der Waals surface area (Å²) in [6.45, 7) is 2.15. The first-order chi connectivity index (χ1) is 13.1. The molecule has 6 nitrogen and oxygen atoms in total. The van der Waals surface area contributed by atoms with Crippen LogP contribution in [0.4, 0.5) is 17.6 Å². The van der Waals surface area contributed by atoms with Gasteiger partial charge in [0.25, 0.3) is 0 Å². The van der Waals surface area contributed by atoms with Crippen LogP contribution in [-0.4, -0.2) is 59.2 Å². The van der Waals surface area contributed by atoms with E-state index in [1.54, 1.807) is 0 Å². The number of carboxylic acid groups (broad SMARTS) is 1. The fourth-order valence-corrected chi connectivity index (χ4v) is 4.76. The van der Waals surface area contributed by atoms with Crippen molar-refractivity contribution < 1.29 is 37.7 Å². The van der Waals surface area contributed by atoms with Crippen molar-refractivity contribution in [2.75, 3.05) is 13.1 Å². The fraction of sp³-hybridized carbons (Fsp3) is 0.944. The van der Waals surface area contributed by atoms with Crippen LogP contribution in [0.25, 0.3) is 0 Å². The lowest BCUT2D eigenvalue weighted by Crippen LogP contribution is -2.52. The van der Waals surface area contributed by atoms with Crippen LogP contribution in [0.1, 0.15) is 44.9 Å². The molecule has 3 fully saturated rings. The number of halogens is 4. The largest absolute Gasteiger partial charge is 0.490 e. The van der Waals surface area contributed by atoms with Crippen LogP contribution in [0, 0.1) is 23.7 Å². The first-order valence-corrected chi connectivity index (χ1v) is 9.86. The van der Waals surface area contributed by atoms with E-state index in [4.69, 9.17) is 9.90 Å². The van der Waals surface area contributed by atoms with Crippen molar-refractivity contribution in [3.63, 3.8) is 0 Å². The molecule has 1 aliphatic carbocycles. The molecule has 2 aliphatic heterocycles. The zero-order valence-electron chi connectivity index (χ0n) is 15.7. The molecule has 2 heterocycles. The Bertz CT molecular complexity index is 502. The monoisotopic (exact) mass is 414 g/mol. The second-order valence-corrected chi connectivity index (χ2v) is 8.01. The van der Waals surface area contributed by atoms with E-state index >= 15 is 0 Å². The highest BCUT2D eigenvalue weighted by Crippen LogP contribution is 2.43. The van der Waals surface area contributed by atoms with E-state index in [9.17, 15) is 27.8 Å². The van der Waals surface area contributed by atoms with Crippen molar-refractivity contribution in [1.29, 1.82) is 0 Å². The molecule has 0 bridgehead atoms. The molecule has 6 atom stereocenters. The quantitative estimate of drug-likeness (QED) is 0.443. The molecule has 0 radical (unpaired) electrons. The van der Waals surface area contributed by atoms with Crippen LogP contribution in [0.15, 0.2) is 0 Å². The van der Waals surface area contributed by atoms with Crippen LogP contribution in [0.3, 0.4) is 0 Å². The Morgan fingerprint density at radius 3 is 1.96 bits per heavy atom. The smallest absolute Gasteiger partial charge is 0.475 e. The van der Waals surface area contributed by atoms with Crippen molar-refractivity contribution in [2.45, 2.75) is 69.7 Å². The van der Waals surface area contributed by atoms with Crippen LogP contribution in [0.2, 0.25) is 0 Å². The zero-order valence-corrected chi connectivity index (χ0v) is 15.7. The lowest BCUT2D eigenvalue weighted by atomic mass is 9.67. The topological polar surface area (TPSA) is 102 Å². The third kappa shape index (κ3) is 6.53. The van der Waals surface area contributed by atoms with Gasteiger partial charge in [0, 0.05) is 5.92 Å². The average Bonchev–Trinajstić information content (AvgIpc) is 2.63. The number of piperidine rings is 2. The van der Waals surface area contributed by atoms with Crippen molar-refractivity contribution in [1.82, 2.24) is 10.6 Å². The van der Waals surface area contributed by atoms with Gasteiger partial charge >= 0.3 is 12.1 Å². The number of nitrogens with one attached hydrogen (secondary N) is 2. The summed E-state index contributed by atoms with van der Waals surface area (Å²) in [4.78, 5) is 8.90. The SMILES string of the molecule is O=C(O)C(F)(F)F.OC1CCC(C2CCC(C3CCNCC3)CC2F)C(O)N1. The third-order valence-corrected chi connectivity index (χ3v) is 6.25. The van der Waals surface area contributed by atoms with Gasteiger partial charge < -0.3 is 20.6 Å². The fourth-order valence-electron chi connectivity index (χ4n) is 4.76. The van der Waals surface area contributed by atoms with Crippen LogP contribution in [-0.2, 0) is 4.79 Å². The van der Waals surface area contributed by atoms with E-state index in [0.29, 0.717) is 24.7 Å². The predicted molar refractivity (Wildman–Crippen MR) is 92.9 cm³/mol. The summed E-state index contributed by atoms with van der Waals surface area (Å²) in [6.07, 6.45) is -0.925. The second kappa shape index (κ2) is 10.2. The number of aliphatic hydroxyl groups excluding tert-OH is 2. The molecule has 0 amide bonds. The summed E-state index contributed by atoms with van der Waals surface area (Å²) < 4.78 is 46.4. The first kappa shape index (κ1) is 23.3. The van der Waals surface area contributed by atoms with Gasteiger partial charge in [0.15, 0.2) is 0 Å². The number of alkyl halides is 4. The first-order valence-electron chi connectivity index (χ1n) is 9.86. The molecular weight excluding hydrogens is 384 g/mol. The minimum absolute atomic E-state index is 0.0436. The highest BCUT2D eigenvalue weighted by molar-refractivity contribution is 5.73. The summed E-state index contributed by atoms with van der Waals surface area (Å²) >= 11 is 0. The van der Waals surface area contributed by atoms with Gasteiger partial charge in [-0.15, -0.1) is 0 Å². The number of rotatable bonds is 2. The highest BCUT2D eigenvalue weighted by atomic mass is 19.4. The van der Waals surface area contributed by atoms with Gasteiger partial charge in [-0.25, -0.2) is 9.18 Å². The lowest BCUT2D eigenvalue weighted by molar-refractivity contribution is -0.192. The molecule has 28 heavy (non-hydrogen) atoms. The summed E-state index contributed by atoms with van der Waals surface area (Å²) in [7, 11) is 0. The van der Waals surface area contributed by atoms with Gasteiger partial charge in [0.05, 0.1) is 0 Å². The van der Waals surface area contributed by atoms with Crippen molar-refractivity contribution >= 4 is 5.97 Å². The molecule has 5 N–H and O–H groups in total. The lowest BCUT2D eigenvalue weighted by Gasteiger charge is -2.43. The predicted octanol–water partition coefficient (Wildman–Crippen LogP) is 2.01. The molecule has 0 spiro atoms. The molecule has 0 aromatic carbocycles. The maximum absolute atomic E-state index is 14.7. The second-order valence-electron chi connectivity index (χ2n) is 8.01. The van der Waals surface area contributed by atoms with Crippen LogP contribution < -0.4 is 10.6 Å². The third-order valence-electron chi connectivity index (χ3n) is 6.25. The van der Waals surface area contributed by atoms with Gasteiger partial charge in [-0.2, -0.15) is 13.2 Å². The van der Waals surface area contributed by atoms with Crippen molar-refractivity contribution in [2.24, 2.45) is 23.7 Å². The molecular formula is C18H30F4N2O4. The van der Waals surface area contributed by atoms with Crippen LogP contribution >= 0.6 is 0 Å². The summed E-state index contributed by atoms with van der Waals surface area (Å²) in [6, 6.07) is 0. The van der Waals surface area contributed by atoms with Crippen molar-refractivity contribution in [3.8, 4) is 0 Å². The number of hydrogen-bond acceptors (Lipinski definition) is 5. The van der Waals surface area contributed by atoms with E-state index in [1.807, 2.05) is 0 Å². The minimum Gasteiger partial charge on any atom is -0.475 e. The molecule has 3 rings (SSSR count). The van der Waals surface area contributed by atoms with E-state index in [2.05, 4.69) is 10.6 Å². The number of carbonyl (C=O) groups is 1. The molecule has 1 saturated carbocycles. The maximum Gasteiger partial charge on any atom is 0.490 e. The Morgan fingerprint density at radius 2 is 1.46 bits per heavy atom.